The van der Waals surface area contributed by atoms with E-state index in [1.807, 2.05) is 6.07 Å². The number of alkyl halides is 12. The van der Waals surface area contributed by atoms with Gasteiger partial charge in [0.05, 0.1) is 16.1 Å². The highest BCUT2D eigenvalue weighted by molar-refractivity contribution is 8.00. The predicted molar refractivity (Wildman–Crippen MR) is 349 cm³/mol. The molecular formula is C64H37ClF14N12O8S4. The van der Waals surface area contributed by atoms with Gasteiger partial charge in [0.25, 0.3) is 35.4 Å². The molecule has 8 aromatic carbocycles. The Kier molecular flexibility index (Phi) is 25.2. The van der Waals surface area contributed by atoms with Gasteiger partial charge in [-0.25, -0.2) is 8.78 Å². The Balaban J connectivity index is 0.000000160. The second kappa shape index (κ2) is 34.1. The highest BCUT2D eigenvalue weighted by Gasteiger charge is 2.33. The molecule has 4 amide bonds. The first-order valence-corrected chi connectivity index (χ1v) is 31.8. The number of thioether (sulfide) groups is 4. The lowest BCUT2D eigenvalue weighted by Gasteiger charge is -2.07. The van der Waals surface area contributed by atoms with Crippen molar-refractivity contribution in [3.05, 3.63) is 239 Å². The fourth-order valence-electron chi connectivity index (χ4n) is 8.03. The molecule has 12 rings (SSSR count). The van der Waals surface area contributed by atoms with Gasteiger partial charge in [0.2, 0.25) is 11.8 Å². The summed E-state index contributed by atoms with van der Waals surface area (Å²) in [5.41, 5.74) is -16.2. The molecular weight excluding hydrogens is 1490 g/mol. The van der Waals surface area contributed by atoms with Crippen molar-refractivity contribution >= 4 is 106 Å². The van der Waals surface area contributed by atoms with Crippen LogP contribution < -0.4 is 21.3 Å². The van der Waals surface area contributed by atoms with Gasteiger partial charge in [-0.05, 0) is 174 Å². The number of amides is 4. The van der Waals surface area contributed by atoms with Crippen LogP contribution in [0.1, 0.15) is 41.4 Å². The van der Waals surface area contributed by atoms with Gasteiger partial charge >= 0.3 is 46.1 Å². The molecule has 0 aliphatic rings. The van der Waals surface area contributed by atoms with E-state index < -0.39 is 57.3 Å². The molecule has 0 saturated heterocycles. The van der Waals surface area contributed by atoms with Crippen molar-refractivity contribution in [2.75, 3.05) is 21.3 Å². The molecule has 0 unspecified atom stereocenters. The molecule has 0 aliphatic carbocycles. The lowest BCUT2D eigenvalue weighted by Crippen LogP contribution is -2.12. The van der Waals surface area contributed by atoms with E-state index in [9.17, 15) is 80.6 Å². The normalized spacial score (nSPS) is 11.4. The first-order valence-electron chi connectivity index (χ1n) is 28.2. The summed E-state index contributed by atoms with van der Waals surface area (Å²) in [4.78, 5) is 48.2. The van der Waals surface area contributed by atoms with E-state index >= 15 is 0 Å². The molecule has 0 fully saturated rings. The van der Waals surface area contributed by atoms with Gasteiger partial charge in [-0.15, -0.1) is 20.4 Å². The van der Waals surface area contributed by atoms with E-state index in [0.717, 1.165) is 24.3 Å². The van der Waals surface area contributed by atoms with E-state index in [0.29, 0.717) is 21.7 Å². The number of carbonyl (C=O) groups is 4. The van der Waals surface area contributed by atoms with E-state index in [1.165, 1.54) is 109 Å². The minimum Gasteiger partial charge on any atom is -0.403 e. The maximum absolute atomic E-state index is 13.7. The minimum absolute atomic E-state index is 0.00949. The number of hydrogen-bond acceptors (Lipinski definition) is 20. The number of hydrogen-bond donors (Lipinski definition) is 4. The first kappa shape index (κ1) is 76.1. The maximum Gasteiger partial charge on any atom is 0.446 e. The number of rotatable bonds is 16. The molecule has 0 atom stereocenters. The lowest BCUT2D eigenvalue weighted by atomic mass is 10.2. The van der Waals surface area contributed by atoms with Gasteiger partial charge in [-0.2, -0.15) is 52.7 Å². The highest BCUT2D eigenvalue weighted by atomic mass is 35.5. The Hall–Kier alpha value is -11.1. The average molecular weight is 1530 g/mol. The van der Waals surface area contributed by atoms with Crippen LogP contribution in [-0.4, -0.2) is 86.5 Å². The summed E-state index contributed by atoms with van der Waals surface area (Å²) >= 11 is 4.78. The summed E-state index contributed by atoms with van der Waals surface area (Å²) in [6.07, 6.45) is 0. The van der Waals surface area contributed by atoms with E-state index in [1.54, 1.807) is 60.7 Å². The summed E-state index contributed by atoms with van der Waals surface area (Å²) < 4.78 is 197. The molecule has 0 saturated carbocycles. The van der Waals surface area contributed by atoms with Crippen LogP contribution in [0.15, 0.2) is 237 Å². The number of benzene rings is 8. The number of nitrogens with zero attached hydrogens (tertiary/aromatic N) is 8. The summed E-state index contributed by atoms with van der Waals surface area (Å²) in [6.45, 7) is 0. The van der Waals surface area contributed by atoms with Crippen molar-refractivity contribution in [3.8, 4) is 45.8 Å². The van der Waals surface area contributed by atoms with Crippen LogP contribution in [-0.2, 0) is 0 Å². The van der Waals surface area contributed by atoms with Crippen molar-refractivity contribution in [2.45, 2.75) is 41.6 Å². The topological polar surface area (TPSA) is 272 Å². The number of aromatic nitrogens is 8. The Bertz CT molecular complexity index is 4780. The number of halogens is 15. The molecule has 0 aliphatic heterocycles. The number of nitrogens with one attached hydrogen (secondary N) is 4. The van der Waals surface area contributed by atoms with Crippen LogP contribution in [0.2, 0.25) is 5.02 Å². The fraction of sp³-hybridized carbons (Fsp3) is 0.0625. The predicted octanol–water partition coefficient (Wildman–Crippen LogP) is 19.3. The highest BCUT2D eigenvalue weighted by Crippen LogP contribution is 2.41. The minimum atomic E-state index is -4.46. The Morgan fingerprint density at radius 3 is 0.981 bits per heavy atom. The molecule has 20 nitrogen and oxygen atoms in total. The van der Waals surface area contributed by atoms with Crippen molar-refractivity contribution < 1.29 is 98.3 Å². The van der Waals surface area contributed by atoms with Gasteiger partial charge in [-0.1, -0.05) is 105 Å². The molecule has 0 spiro atoms. The van der Waals surface area contributed by atoms with E-state index in [4.69, 9.17) is 29.3 Å². The standard InChI is InChI=1S/C16H9ClF3N3O2S.2C16H9F4N3O2S.C16H10F3N3O2S/c17-12-7-2-1-6-11(12)14-22-23-15(25-14)21-13(24)9-4-3-5-10(8-9)26-16(18,19)20;17-11-5-1-4-10(7-11)14-22-23-15(25-14)21-13(24)9-3-2-6-12(8-9)26-16(18,19)20;17-12-7-2-1-6-11(12)14-22-23-15(25-14)21-13(24)9-4-3-5-10(8-9)26-16(18,19)20;17-16(18,19)25-12-8-4-7-11(9-12)13(23)20-15-22-21-14(24-15)10-5-2-1-3-6-10/h3*1-8H,(H,21,23,24);1-9H,(H,20,22,23). The maximum atomic E-state index is 13.7. The van der Waals surface area contributed by atoms with Crippen LogP contribution in [0.3, 0.4) is 0 Å². The SMILES string of the molecule is O=C(Nc1nnc(-c2cccc(F)c2)o1)c1cccc(SC(F)(F)F)c1.O=C(Nc1nnc(-c2ccccc2)o1)c1cccc(SC(F)(F)F)c1.O=C(Nc1nnc(-c2ccccc2Cl)o1)c1cccc(SC(F)(F)F)c1.O=C(Nc1nnc(-c2ccccc2F)o1)c1cccc(SC(F)(F)F)c1. The zero-order chi connectivity index (χ0) is 74.1. The van der Waals surface area contributed by atoms with Crippen molar-refractivity contribution in [1.82, 2.24) is 40.8 Å². The number of carbonyl (C=O) groups excluding carboxylic acids is 4. The van der Waals surface area contributed by atoms with Crippen LogP contribution in [0, 0.1) is 11.6 Å². The Morgan fingerprint density at radius 1 is 0.320 bits per heavy atom. The molecule has 0 bridgehead atoms. The molecule has 0 radical (unpaired) electrons. The summed E-state index contributed by atoms with van der Waals surface area (Å²) in [5, 5.41) is 39.2. The van der Waals surface area contributed by atoms with E-state index in [-0.39, 0.29) is 142 Å². The monoisotopic (exact) mass is 1530 g/mol. The van der Waals surface area contributed by atoms with Crippen molar-refractivity contribution in [1.29, 1.82) is 0 Å². The quantitative estimate of drug-likeness (QED) is 0.0517. The third kappa shape index (κ3) is 24.0. The fourth-order valence-corrected chi connectivity index (χ4v) is 10.6. The summed E-state index contributed by atoms with van der Waals surface area (Å²) in [5.74, 6) is -3.68. The van der Waals surface area contributed by atoms with Crippen molar-refractivity contribution in [3.63, 3.8) is 0 Å². The number of anilines is 4. The zero-order valence-electron chi connectivity index (χ0n) is 50.7. The summed E-state index contributed by atoms with van der Waals surface area (Å²) in [6, 6.07) is 46.2. The molecule has 4 N–H and O–H groups in total. The van der Waals surface area contributed by atoms with Gasteiger partial charge in [0.15, 0.2) is 0 Å². The Labute approximate surface area is 590 Å². The zero-order valence-corrected chi connectivity index (χ0v) is 54.7. The third-order valence-electron chi connectivity index (χ3n) is 12.2. The molecule has 103 heavy (non-hydrogen) atoms. The summed E-state index contributed by atoms with van der Waals surface area (Å²) in [7, 11) is 0. The second-order valence-corrected chi connectivity index (χ2v) is 24.6. The lowest BCUT2D eigenvalue weighted by molar-refractivity contribution is -0.0337. The van der Waals surface area contributed by atoms with Gasteiger partial charge in [0, 0.05) is 53.0 Å². The van der Waals surface area contributed by atoms with Gasteiger partial charge in [-0.3, -0.25) is 40.4 Å². The molecule has 39 heteroatoms. The Morgan fingerprint density at radius 2 is 0.621 bits per heavy atom. The van der Waals surface area contributed by atoms with Gasteiger partial charge < -0.3 is 17.7 Å². The molecule has 4 aromatic heterocycles. The van der Waals surface area contributed by atoms with Crippen LogP contribution in [0.5, 0.6) is 0 Å². The van der Waals surface area contributed by atoms with Crippen molar-refractivity contribution in [2.24, 2.45) is 0 Å². The molecule has 530 valence electrons. The first-order chi connectivity index (χ1) is 48.8. The van der Waals surface area contributed by atoms with Crippen LogP contribution in [0.4, 0.5) is 85.5 Å². The largest absolute Gasteiger partial charge is 0.446 e. The van der Waals surface area contributed by atoms with Gasteiger partial charge in [0.1, 0.15) is 11.6 Å². The molecule has 4 heterocycles. The van der Waals surface area contributed by atoms with E-state index in [2.05, 4.69) is 62.1 Å². The molecule has 12 aromatic rings. The van der Waals surface area contributed by atoms with Crippen LogP contribution in [0.25, 0.3) is 45.8 Å². The third-order valence-corrected chi connectivity index (χ3v) is 15.4. The second-order valence-electron chi connectivity index (χ2n) is 19.6. The van der Waals surface area contributed by atoms with Crippen LogP contribution >= 0.6 is 58.6 Å². The smallest absolute Gasteiger partial charge is 0.403 e. The average Bonchev–Trinajstić information content (AvgIpc) is 1.76.